The van der Waals surface area contributed by atoms with Gasteiger partial charge in [-0.25, -0.2) is 0 Å². The number of aromatic nitrogens is 1. The summed E-state index contributed by atoms with van der Waals surface area (Å²) in [5.74, 6) is 1.31. The van der Waals surface area contributed by atoms with Crippen molar-refractivity contribution in [1.82, 2.24) is 4.57 Å². The van der Waals surface area contributed by atoms with Crippen molar-refractivity contribution in [3.8, 4) is 0 Å². The van der Waals surface area contributed by atoms with Gasteiger partial charge < -0.3 is 14.6 Å². The fraction of sp³-hybridized carbons (Fsp3) is 0.706. The Labute approximate surface area is 128 Å². The van der Waals surface area contributed by atoms with Gasteiger partial charge in [0, 0.05) is 32.0 Å². The lowest BCUT2D eigenvalue weighted by Gasteiger charge is -2.24. The number of hydrogen-bond donors (Lipinski definition) is 1. The van der Waals surface area contributed by atoms with E-state index in [0.717, 1.165) is 18.5 Å². The van der Waals surface area contributed by atoms with Crippen molar-refractivity contribution in [3.63, 3.8) is 0 Å². The van der Waals surface area contributed by atoms with Crippen molar-refractivity contribution >= 4 is 5.69 Å². The predicted molar refractivity (Wildman–Crippen MR) is 88.9 cm³/mol. The highest BCUT2D eigenvalue weighted by atomic mass is 16.5. The van der Waals surface area contributed by atoms with Crippen LogP contribution in [-0.2, 0) is 11.3 Å². The molecule has 1 rings (SSSR count). The van der Waals surface area contributed by atoms with Crippen LogP contribution in [0.1, 0.15) is 40.5 Å². The largest absolute Gasteiger partial charge is 0.383 e. The Morgan fingerprint density at radius 3 is 2.29 bits per heavy atom. The molecule has 4 heteroatoms. The molecule has 0 amide bonds. The lowest BCUT2D eigenvalue weighted by molar-refractivity contribution is 0.186. The van der Waals surface area contributed by atoms with E-state index in [1.54, 1.807) is 17.7 Å². The summed E-state index contributed by atoms with van der Waals surface area (Å²) in [6, 6.07) is 3.94. The predicted octanol–water partition coefficient (Wildman–Crippen LogP) is 3.37. The van der Waals surface area contributed by atoms with Gasteiger partial charge in [-0.1, -0.05) is 27.7 Å². The normalized spacial score (nSPS) is 11.6. The average Bonchev–Trinajstić information content (AvgIpc) is 2.37. The van der Waals surface area contributed by atoms with Gasteiger partial charge in [-0.3, -0.25) is 4.79 Å². The first-order chi connectivity index (χ1) is 9.92. The molecule has 0 atom stereocenters. The molecule has 0 aliphatic carbocycles. The topological polar surface area (TPSA) is 43.3 Å². The van der Waals surface area contributed by atoms with Gasteiger partial charge in [-0.2, -0.15) is 0 Å². The van der Waals surface area contributed by atoms with Crippen LogP contribution in [0.2, 0.25) is 0 Å². The van der Waals surface area contributed by atoms with E-state index in [9.17, 15) is 4.79 Å². The minimum absolute atomic E-state index is 0.0156. The Morgan fingerprint density at radius 2 is 1.76 bits per heavy atom. The molecule has 0 fully saturated rings. The first-order valence-electron chi connectivity index (χ1n) is 7.88. The minimum Gasteiger partial charge on any atom is -0.383 e. The number of nitrogens with zero attached hydrogens (tertiary/aromatic N) is 1. The van der Waals surface area contributed by atoms with E-state index in [1.807, 2.05) is 12.3 Å². The summed E-state index contributed by atoms with van der Waals surface area (Å²) in [7, 11) is 1.65. The van der Waals surface area contributed by atoms with E-state index in [0.29, 0.717) is 31.0 Å². The number of nitrogens with one attached hydrogen (secondary N) is 1. The second-order valence-corrected chi connectivity index (χ2v) is 6.54. The number of pyridine rings is 1. The van der Waals surface area contributed by atoms with Crippen molar-refractivity contribution in [2.45, 2.75) is 53.1 Å². The zero-order valence-corrected chi connectivity index (χ0v) is 14.1. The van der Waals surface area contributed by atoms with E-state index in [4.69, 9.17) is 4.74 Å². The van der Waals surface area contributed by atoms with Crippen LogP contribution in [0.25, 0.3) is 0 Å². The lowest BCUT2D eigenvalue weighted by atomic mass is 9.95. The van der Waals surface area contributed by atoms with Gasteiger partial charge in [-0.15, -0.1) is 0 Å². The molecule has 1 aromatic rings. The number of hydrogen-bond acceptors (Lipinski definition) is 3. The molecule has 0 bridgehead atoms. The summed E-state index contributed by atoms with van der Waals surface area (Å²) < 4.78 is 6.75. The van der Waals surface area contributed by atoms with E-state index in [2.05, 4.69) is 33.0 Å². The summed E-state index contributed by atoms with van der Waals surface area (Å²) in [6.07, 6.45) is 4.17. The van der Waals surface area contributed by atoms with Gasteiger partial charge in [-0.05, 0) is 30.7 Å². The van der Waals surface area contributed by atoms with Gasteiger partial charge in [0.2, 0.25) is 0 Å². The second-order valence-electron chi connectivity index (χ2n) is 6.54. The van der Waals surface area contributed by atoms with E-state index >= 15 is 0 Å². The Kier molecular flexibility index (Phi) is 7.51. The molecule has 0 saturated carbocycles. The summed E-state index contributed by atoms with van der Waals surface area (Å²) in [6.45, 7) is 10.1. The van der Waals surface area contributed by atoms with E-state index in [-0.39, 0.29) is 5.56 Å². The molecular formula is C17H30N2O2. The zero-order valence-electron chi connectivity index (χ0n) is 14.1. The summed E-state index contributed by atoms with van der Waals surface area (Å²) in [5, 5.41) is 3.59. The molecule has 1 N–H and O–H groups in total. The first kappa shape index (κ1) is 17.8. The highest BCUT2D eigenvalue weighted by Gasteiger charge is 2.13. The van der Waals surface area contributed by atoms with Gasteiger partial charge >= 0.3 is 0 Å². The molecule has 0 aliphatic heterocycles. The van der Waals surface area contributed by atoms with Crippen LogP contribution in [0.3, 0.4) is 0 Å². The Hall–Kier alpha value is -1.29. The molecule has 0 aromatic carbocycles. The smallest absolute Gasteiger partial charge is 0.250 e. The highest BCUT2D eigenvalue weighted by molar-refractivity contribution is 5.41. The number of rotatable bonds is 9. The zero-order chi connectivity index (χ0) is 15.8. The second kappa shape index (κ2) is 8.88. The Balaban J connectivity index is 2.80. The van der Waals surface area contributed by atoms with Crippen LogP contribution in [0.15, 0.2) is 23.1 Å². The van der Waals surface area contributed by atoms with Crippen LogP contribution in [-0.4, -0.2) is 24.3 Å². The molecule has 0 spiro atoms. The van der Waals surface area contributed by atoms with Crippen molar-refractivity contribution in [2.24, 2.45) is 11.8 Å². The van der Waals surface area contributed by atoms with E-state index < -0.39 is 0 Å². The standard InChI is InChI=1S/C17H30N2O2/c1-13(2)10-16(11-14(3)4)18-15-6-7-17(20)19(12-15)8-9-21-5/h6-7,12-14,16,18H,8-11H2,1-5H3. The fourth-order valence-electron chi connectivity index (χ4n) is 2.57. The molecule has 0 unspecified atom stereocenters. The maximum Gasteiger partial charge on any atom is 0.250 e. The average molecular weight is 294 g/mol. The fourth-order valence-corrected chi connectivity index (χ4v) is 2.57. The van der Waals surface area contributed by atoms with Crippen LogP contribution < -0.4 is 10.9 Å². The SMILES string of the molecule is COCCn1cc(NC(CC(C)C)CC(C)C)ccc1=O. The number of methoxy groups -OCH3 is 1. The summed E-state index contributed by atoms with van der Waals surface area (Å²) in [4.78, 5) is 11.8. The van der Waals surface area contributed by atoms with Gasteiger partial charge in [0.05, 0.1) is 12.3 Å². The van der Waals surface area contributed by atoms with Crippen molar-refractivity contribution in [3.05, 3.63) is 28.7 Å². The number of anilines is 1. The molecule has 1 aromatic heterocycles. The summed E-state index contributed by atoms with van der Waals surface area (Å²) >= 11 is 0. The molecule has 0 saturated heterocycles. The maximum absolute atomic E-state index is 11.8. The third-order valence-corrected chi connectivity index (χ3v) is 3.40. The lowest BCUT2D eigenvalue weighted by Crippen LogP contribution is -2.26. The van der Waals surface area contributed by atoms with Crippen LogP contribution in [0, 0.1) is 11.8 Å². The molecule has 0 aliphatic rings. The van der Waals surface area contributed by atoms with Crippen molar-refractivity contribution in [2.75, 3.05) is 19.0 Å². The molecule has 0 radical (unpaired) electrons. The molecule has 21 heavy (non-hydrogen) atoms. The van der Waals surface area contributed by atoms with Crippen LogP contribution in [0.4, 0.5) is 5.69 Å². The van der Waals surface area contributed by atoms with E-state index in [1.165, 1.54) is 0 Å². The highest BCUT2D eigenvalue weighted by Crippen LogP contribution is 2.18. The van der Waals surface area contributed by atoms with Crippen molar-refractivity contribution < 1.29 is 4.74 Å². The molecule has 4 nitrogen and oxygen atoms in total. The molecule has 1 heterocycles. The Bertz CT molecular complexity index is 456. The first-order valence-corrected chi connectivity index (χ1v) is 7.88. The quantitative estimate of drug-likeness (QED) is 0.759. The van der Waals surface area contributed by atoms with Crippen LogP contribution >= 0.6 is 0 Å². The molecular weight excluding hydrogens is 264 g/mol. The van der Waals surface area contributed by atoms with Gasteiger partial charge in [0.25, 0.3) is 5.56 Å². The van der Waals surface area contributed by atoms with Gasteiger partial charge in [0.15, 0.2) is 0 Å². The third kappa shape index (κ3) is 6.80. The third-order valence-electron chi connectivity index (χ3n) is 3.40. The summed E-state index contributed by atoms with van der Waals surface area (Å²) in [5.41, 5.74) is 1.03. The maximum atomic E-state index is 11.8. The monoisotopic (exact) mass is 294 g/mol. The van der Waals surface area contributed by atoms with Crippen LogP contribution in [0.5, 0.6) is 0 Å². The minimum atomic E-state index is 0.0156. The van der Waals surface area contributed by atoms with Gasteiger partial charge in [0.1, 0.15) is 0 Å². The molecule has 120 valence electrons. The van der Waals surface area contributed by atoms with Crippen molar-refractivity contribution in [1.29, 1.82) is 0 Å². The Morgan fingerprint density at radius 1 is 1.14 bits per heavy atom. The number of ether oxygens (including phenoxy) is 1.